The Morgan fingerprint density at radius 3 is 2.81 bits per heavy atom. The number of nitro groups is 1. The van der Waals surface area contributed by atoms with E-state index in [4.69, 9.17) is 0 Å². The second kappa shape index (κ2) is 6.23. The molecule has 110 valence electrons. The highest BCUT2D eigenvalue weighted by atomic mass is 79.9. The third kappa shape index (κ3) is 3.40. The van der Waals surface area contributed by atoms with Gasteiger partial charge in [-0.1, -0.05) is 6.07 Å². The van der Waals surface area contributed by atoms with Crippen LogP contribution >= 0.6 is 27.3 Å². The smallest absolute Gasteiger partial charge is 0.311 e. The number of hydrogen-bond acceptors (Lipinski definition) is 5. The van der Waals surface area contributed by atoms with E-state index in [1.54, 1.807) is 7.05 Å². The van der Waals surface area contributed by atoms with Crippen molar-refractivity contribution in [2.75, 3.05) is 7.05 Å². The predicted molar refractivity (Wildman–Crippen MR) is 82.6 cm³/mol. The van der Waals surface area contributed by atoms with E-state index in [0.717, 1.165) is 15.4 Å². The summed E-state index contributed by atoms with van der Waals surface area (Å²) in [5.74, 6) is -1.08. The standard InChI is InChI=1S/C13H11BrN2O4S/c1-15(6-8-5-11(14)21-7-8)13(18)9-3-2-4-10(12(9)17)16(19)20/h2-5,7,17H,6H2,1H3. The Balaban J connectivity index is 2.23. The molecule has 1 N–H and O–H groups in total. The molecule has 1 aromatic carbocycles. The zero-order valence-corrected chi connectivity index (χ0v) is 13.3. The van der Waals surface area contributed by atoms with E-state index in [2.05, 4.69) is 15.9 Å². The van der Waals surface area contributed by atoms with Crippen LogP contribution in [0.5, 0.6) is 5.75 Å². The van der Waals surface area contributed by atoms with Gasteiger partial charge in [0, 0.05) is 19.7 Å². The molecule has 0 aliphatic heterocycles. The molecule has 2 rings (SSSR count). The molecule has 1 heterocycles. The number of halogens is 1. The van der Waals surface area contributed by atoms with E-state index < -0.39 is 22.3 Å². The Labute approximate surface area is 132 Å². The highest BCUT2D eigenvalue weighted by Gasteiger charge is 2.23. The lowest BCUT2D eigenvalue weighted by Crippen LogP contribution is -2.26. The van der Waals surface area contributed by atoms with Crippen molar-refractivity contribution in [2.24, 2.45) is 0 Å². The summed E-state index contributed by atoms with van der Waals surface area (Å²) >= 11 is 4.84. The van der Waals surface area contributed by atoms with Crippen LogP contribution in [0.4, 0.5) is 5.69 Å². The number of para-hydroxylation sites is 1. The molecule has 0 bridgehead atoms. The lowest BCUT2D eigenvalue weighted by molar-refractivity contribution is -0.385. The molecule has 0 aliphatic rings. The Morgan fingerprint density at radius 1 is 1.52 bits per heavy atom. The molecule has 2 aromatic rings. The number of benzene rings is 1. The second-order valence-electron chi connectivity index (χ2n) is 4.35. The average Bonchev–Trinajstić information content (AvgIpc) is 2.83. The SMILES string of the molecule is CN(Cc1csc(Br)c1)C(=O)c1cccc([N+](=O)[O-])c1O. The molecule has 0 saturated carbocycles. The van der Waals surface area contributed by atoms with Gasteiger partial charge in [0.05, 0.1) is 14.3 Å². The molecule has 8 heteroatoms. The molecule has 21 heavy (non-hydrogen) atoms. The first-order valence-corrected chi connectivity index (χ1v) is 7.52. The Hall–Kier alpha value is -1.93. The van der Waals surface area contributed by atoms with Crippen LogP contribution in [0.25, 0.3) is 0 Å². The lowest BCUT2D eigenvalue weighted by atomic mass is 10.1. The molecule has 0 spiro atoms. The summed E-state index contributed by atoms with van der Waals surface area (Å²) < 4.78 is 0.955. The van der Waals surface area contributed by atoms with Gasteiger partial charge >= 0.3 is 5.69 Å². The normalized spacial score (nSPS) is 10.4. The molecular weight excluding hydrogens is 360 g/mol. The Morgan fingerprint density at radius 2 is 2.24 bits per heavy atom. The maximum absolute atomic E-state index is 12.3. The van der Waals surface area contributed by atoms with Crippen LogP contribution in [0, 0.1) is 10.1 Å². The van der Waals surface area contributed by atoms with Crippen molar-refractivity contribution < 1.29 is 14.8 Å². The Bertz CT molecular complexity index is 701. The van der Waals surface area contributed by atoms with Crippen LogP contribution in [0.15, 0.2) is 33.4 Å². The van der Waals surface area contributed by atoms with Crippen LogP contribution in [0.2, 0.25) is 0 Å². The quantitative estimate of drug-likeness (QED) is 0.660. The van der Waals surface area contributed by atoms with E-state index >= 15 is 0 Å². The van der Waals surface area contributed by atoms with Crippen molar-refractivity contribution >= 4 is 38.9 Å². The number of aromatic hydroxyl groups is 1. The minimum absolute atomic E-state index is 0.0824. The molecule has 0 saturated heterocycles. The fourth-order valence-electron chi connectivity index (χ4n) is 1.83. The first-order valence-electron chi connectivity index (χ1n) is 5.85. The van der Waals surface area contributed by atoms with Crippen LogP contribution in [-0.4, -0.2) is 27.9 Å². The van der Waals surface area contributed by atoms with Crippen LogP contribution in [0.1, 0.15) is 15.9 Å². The van der Waals surface area contributed by atoms with Gasteiger partial charge in [-0.15, -0.1) is 11.3 Å². The number of hydrogen-bond donors (Lipinski definition) is 1. The molecule has 0 atom stereocenters. The summed E-state index contributed by atoms with van der Waals surface area (Å²) in [4.78, 5) is 23.7. The maximum atomic E-state index is 12.3. The third-order valence-corrected chi connectivity index (χ3v) is 4.38. The fraction of sp³-hybridized carbons (Fsp3) is 0.154. The molecule has 0 unspecified atom stereocenters. The van der Waals surface area contributed by atoms with E-state index in [9.17, 15) is 20.0 Å². The van der Waals surface area contributed by atoms with Crippen LogP contribution in [0.3, 0.4) is 0 Å². The number of nitrogens with zero attached hydrogens (tertiary/aromatic N) is 2. The van der Waals surface area contributed by atoms with Crippen molar-refractivity contribution in [3.63, 3.8) is 0 Å². The van der Waals surface area contributed by atoms with Crippen molar-refractivity contribution in [2.45, 2.75) is 6.54 Å². The summed E-state index contributed by atoms with van der Waals surface area (Å²) in [7, 11) is 1.58. The van der Waals surface area contributed by atoms with Gasteiger partial charge in [0.2, 0.25) is 5.75 Å². The summed E-state index contributed by atoms with van der Waals surface area (Å²) in [6, 6.07) is 5.79. The summed E-state index contributed by atoms with van der Waals surface area (Å²) in [5, 5.41) is 22.5. The highest BCUT2D eigenvalue weighted by Crippen LogP contribution is 2.30. The first kappa shape index (κ1) is 15.5. The van der Waals surface area contributed by atoms with Gasteiger partial charge in [0.1, 0.15) is 0 Å². The van der Waals surface area contributed by atoms with Gasteiger partial charge in [-0.05, 0) is 39.0 Å². The van der Waals surface area contributed by atoms with E-state index in [-0.39, 0.29) is 5.56 Å². The summed E-state index contributed by atoms with van der Waals surface area (Å²) in [6.45, 7) is 0.350. The molecule has 0 radical (unpaired) electrons. The number of phenolic OH excluding ortho intramolecular Hbond substituents is 1. The van der Waals surface area contributed by atoms with E-state index in [1.807, 2.05) is 11.4 Å². The van der Waals surface area contributed by atoms with Crippen molar-refractivity contribution in [1.82, 2.24) is 4.90 Å². The molecule has 0 fully saturated rings. The number of thiophene rings is 1. The van der Waals surface area contributed by atoms with Crippen molar-refractivity contribution in [3.8, 4) is 5.75 Å². The number of carbonyl (C=O) groups is 1. The first-order chi connectivity index (χ1) is 9.90. The minimum atomic E-state index is -0.720. The van der Waals surface area contributed by atoms with Gasteiger partial charge in [0.25, 0.3) is 5.91 Å². The molecule has 1 aromatic heterocycles. The van der Waals surface area contributed by atoms with Gasteiger partial charge < -0.3 is 10.0 Å². The maximum Gasteiger partial charge on any atom is 0.311 e. The number of carbonyl (C=O) groups excluding carboxylic acids is 1. The fourth-order valence-corrected chi connectivity index (χ4v) is 3.03. The molecule has 1 amide bonds. The third-order valence-electron chi connectivity index (χ3n) is 2.83. The highest BCUT2D eigenvalue weighted by molar-refractivity contribution is 9.11. The minimum Gasteiger partial charge on any atom is -0.502 e. The monoisotopic (exact) mass is 370 g/mol. The number of phenols is 1. The van der Waals surface area contributed by atoms with Crippen LogP contribution in [-0.2, 0) is 6.54 Å². The Kier molecular flexibility index (Phi) is 4.59. The summed E-state index contributed by atoms with van der Waals surface area (Å²) in [6.07, 6.45) is 0. The van der Waals surface area contributed by atoms with Gasteiger partial charge in [-0.3, -0.25) is 14.9 Å². The molecule has 0 aliphatic carbocycles. The topological polar surface area (TPSA) is 83.7 Å². The van der Waals surface area contributed by atoms with Crippen molar-refractivity contribution in [3.05, 3.63) is 54.7 Å². The van der Waals surface area contributed by atoms with Gasteiger partial charge in [-0.2, -0.15) is 0 Å². The van der Waals surface area contributed by atoms with Gasteiger partial charge in [-0.25, -0.2) is 0 Å². The molecular formula is C13H11BrN2O4S. The molecule has 6 nitrogen and oxygen atoms in total. The zero-order chi connectivity index (χ0) is 15.6. The second-order valence-corrected chi connectivity index (χ2v) is 6.64. The van der Waals surface area contributed by atoms with Crippen molar-refractivity contribution in [1.29, 1.82) is 0 Å². The van der Waals surface area contributed by atoms with Gasteiger partial charge in [0.15, 0.2) is 0 Å². The number of nitro benzene ring substituents is 1. The lowest BCUT2D eigenvalue weighted by Gasteiger charge is -2.17. The van der Waals surface area contributed by atoms with E-state index in [0.29, 0.717) is 6.54 Å². The van der Waals surface area contributed by atoms with Crippen LogP contribution < -0.4 is 0 Å². The number of rotatable bonds is 4. The average molecular weight is 371 g/mol. The summed E-state index contributed by atoms with van der Waals surface area (Å²) in [5.41, 5.74) is 0.376. The predicted octanol–water partition coefficient (Wildman–Crippen LogP) is 3.40. The van der Waals surface area contributed by atoms with E-state index in [1.165, 1.54) is 28.4 Å². The number of amides is 1. The largest absolute Gasteiger partial charge is 0.502 e. The zero-order valence-electron chi connectivity index (χ0n) is 10.9.